The maximum atomic E-state index is 11.7. The molecule has 0 aromatic heterocycles. The summed E-state index contributed by atoms with van der Waals surface area (Å²) in [7, 11) is 0. The van der Waals surface area contributed by atoms with Gasteiger partial charge < -0.3 is 26.2 Å². The molecule has 0 radical (unpaired) electrons. The van der Waals surface area contributed by atoms with Crippen LogP contribution in [0, 0.1) is 5.92 Å². The number of aliphatic hydroxyl groups is 2. The number of urea groups is 1. The fraction of sp³-hybridized carbons (Fsp3) is 0.800. The summed E-state index contributed by atoms with van der Waals surface area (Å²) < 4.78 is 0. The number of carbonyl (C=O) groups excluding carboxylic acids is 2. The third kappa shape index (κ3) is 4.20. The second-order valence-electron chi connectivity index (χ2n) is 4.20. The lowest BCUT2D eigenvalue weighted by Crippen LogP contribution is -2.48. The van der Waals surface area contributed by atoms with Crippen LogP contribution in [0.2, 0.25) is 0 Å². The highest BCUT2D eigenvalue weighted by Gasteiger charge is 2.27. The zero-order chi connectivity index (χ0) is 12.8. The summed E-state index contributed by atoms with van der Waals surface area (Å²) in [5.74, 6) is -0.509. The number of likely N-dealkylation sites (tertiary alicyclic amines) is 1. The molecule has 2 unspecified atom stereocenters. The van der Waals surface area contributed by atoms with E-state index in [1.807, 2.05) is 0 Å². The lowest BCUT2D eigenvalue weighted by Gasteiger charge is -2.30. The van der Waals surface area contributed by atoms with E-state index in [4.69, 9.17) is 15.9 Å². The topological polar surface area (TPSA) is 116 Å². The number of aliphatic hydroxyl groups excluding tert-OH is 2. The van der Waals surface area contributed by atoms with Crippen molar-refractivity contribution < 1.29 is 19.8 Å². The monoisotopic (exact) mass is 245 g/mol. The van der Waals surface area contributed by atoms with Crippen LogP contribution in [0.4, 0.5) is 4.79 Å². The van der Waals surface area contributed by atoms with E-state index in [9.17, 15) is 9.59 Å². The number of rotatable bonds is 4. The maximum Gasteiger partial charge on any atom is 0.314 e. The Bertz CT molecular complexity index is 285. The molecule has 7 heteroatoms. The van der Waals surface area contributed by atoms with Crippen LogP contribution in [0.15, 0.2) is 0 Å². The largest absolute Gasteiger partial charge is 0.394 e. The number of piperidine rings is 1. The highest BCUT2D eigenvalue weighted by atomic mass is 16.3. The van der Waals surface area contributed by atoms with E-state index < -0.39 is 18.7 Å². The molecule has 0 aromatic rings. The van der Waals surface area contributed by atoms with Crippen LogP contribution in [0.5, 0.6) is 0 Å². The Kier molecular flexibility index (Phi) is 5.17. The van der Waals surface area contributed by atoms with E-state index in [0.717, 1.165) is 6.42 Å². The molecule has 0 aromatic carbocycles. The van der Waals surface area contributed by atoms with Crippen LogP contribution in [0.1, 0.15) is 12.8 Å². The number of nitrogens with one attached hydrogen (secondary N) is 1. The molecule has 0 bridgehead atoms. The zero-order valence-corrected chi connectivity index (χ0v) is 9.63. The van der Waals surface area contributed by atoms with Crippen molar-refractivity contribution >= 4 is 11.9 Å². The minimum atomic E-state index is -0.949. The number of nitrogens with zero attached hydrogens (tertiary/aromatic N) is 1. The third-order valence-corrected chi connectivity index (χ3v) is 2.83. The fourth-order valence-corrected chi connectivity index (χ4v) is 1.82. The number of hydrogen-bond acceptors (Lipinski definition) is 4. The van der Waals surface area contributed by atoms with E-state index in [2.05, 4.69) is 5.32 Å². The van der Waals surface area contributed by atoms with E-state index in [1.165, 1.54) is 4.90 Å². The Morgan fingerprint density at radius 1 is 1.53 bits per heavy atom. The first-order valence-electron chi connectivity index (χ1n) is 5.65. The highest BCUT2D eigenvalue weighted by molar-refractivity contribution is 5.80. The molecule has 5 N–H and O–H groups in total. The minimum Gasteiger partial charge on any atom is -0.394 e. The van der Waals surface area contributed by atoms with Crippen LogP contribution in [-0.2, 0) is 4.79 Å². The van der Waals surface area contributed by atoms with Crippen molar-refractivity contribution in [1.82, 2.24) is 10.2 Å². The van der Waals surface area contributed by atoms with Crippen LogP contribution < -0.4 is 11.1 Å². The average molecular weight is 245 g/mol. The summed E-state index contributed by atoms with van der Waals surface area (Å²) in [4.78, 5) is 24.1. The van der Waals surface area contributed by atoms with Gasteiger partial charge in [0, 0.05) is 19.6 Å². The molecule has 1 heterocycles. The summed E-state index contributed by atoms with van der Waals surface area (Å²) in [5.41, 5.74) is 5.16. The molecule has 2 atom stereocenters. The number of carbonyl (C=O) groups is 2. The van der Waals surface area contributed by atoms with Gasteiger partial charge in [-0.3, -0.25) is 4.79 Å². The first-order chi connectivity index (χ1) is 8.04. The van der Waals surface area contributed by atoms with E-state index in [1.54, 1.807) is 0 Å². The van der Waals surface area contributed by atoms with Gasteiger partial charge in [-0.2, -0.15) is 0 Å². The first-order valence-corrected chi connectivity index (χ1v) is 5.65. The van der Waals surface area contributed by atoms with Gasteiger partial charge >= 0.3 is 6.03 Å². The van der Waals surface area contributed by atoms with Gasteiger partial charge in [0.05, 0.1) is 18.6 Å². The molecule has 0 aliphatic carbocycles. The first kappa shape index (κ1) is 13.7. The van der Waals surface area contributed by atoms with Crippen LogP contribution >= 0.6 is 0 Å². The van der Waals surface area contributed by atoms with Crippen molar-refractivity contribution in [3.63, 3.8) is 0 Å². The van der Waals surface area contributed by atoms with Crippen molar-refractivity contribution in [3.05, 3.63) is 0 Å². The van der Waals surface area contributed by atoms with Crippen molar-refractivity contribution in [2.24, 2.45) is 11.7 Å². The third-order valence-electron chi connectivity index (χ3n) is 2.83. The molecule has 7 nitrogen and oxygen atoms in total. The average Bonchev–Trinajstić information content (AvgIpc) is 2.35. The van der Waals surface area contributed by atoms with Gasteiger partial charge in [0.15, 0.2) is 0 Å². The van der Waals surface area contributed by atoms with Gasteiger partial charge in [0.1, 0.15) is 0 Å². The molecule has 1 saturated heterocycles. The number of nitrogens with two attached hydrogens (primary N) is 1. The molecule has 1 fully saturated rings. The molecular formula is C10H19N3O4. The summed E-state index contributed by atoms with van der Waals surface area (Å²) in [6.45, 7) is 0.523. The van der Waals surface area contributed by atoms with Gasteiger partial charge in [0.25, 0.3) is 0 Å². The molecule has 98 valence electrons. The standard InChI is InChI=1S/C10H19N3O4/c11-10(17)13-3-1-2-7(5-13)9(16)12-4-8(15)6-14/h7-8,14-15H,1-6H2,(H2,11,17)(H,12,16). The lowest BCUT2D eigenvalue weighted by molar-refractivity contribution is -0.126. The quantitative estimate of drug-likeness (QED) is 0.470. The molecule has 1 aliphatic rings. The van der Waals surface area contributed by atoms with Gasteiger partial charge in [-0.25, -0.2) is 4.79 Å². The number of hydrogen-bond donors (Lipinski definition) is 4. The summed E-state index contributed by atoms with van der Waals surface area (Å²) >= 11 is 0. The summed E-state index contributed by atoms with van der Waals surface area (Å²) in [6.07, 6.45) is 0.490. The minimum absolute atomic E-state index is 0.0163. The van der Waals surface area contributed by atoms with Crippen molar-refractivity contribution in [2.45, 2.75) is 18.9 Å². The summed E-state index contributed by atoms with van der Waals surface area (Å²) in [6, 6.07) is -0.516. The van der Waals surface area contributed by atoms with Gasteiger partial charge in [0.2, 0.25) is 5.91 Å². The molecule has 3 amide bonds. The van der Waals surface area contributed by atoms with Crippen molar-refractivity contribution in [2.75, 3.05) is 26.2 Å². The maximum absolute atomic E-state index is 11.7. The molecule has 17 heavy (non-hydrogen) atoms. The predicted molar refractivity (Wildman–Crippen MR) is 60.0 cm³/mol. The molecular weight excluding hydrogens is 226 g/mol. The Balaban J connectivity index is 2.38. The predicted octanol–water partition coefficient (Wildman–Crippen LogP) is -1.75. The Hall–Kier alpha value is -1.34. The van der Waals surface area contributed by atoms with Crippen LogP contribution in [-0.4, -0.2) is 59.4 Å². The zero-order valence-electron chi connectivity index (χ0n) is 9.63. The second-order valence-corrected chi connectivity index (χ2v) is 4.20. The van der Waals surface area contributed by atoms with Crippen molar-refractivity contribution in [1.29, 1.82) is 0 Å². The van der Waals surface area contributed by atoms with Crippen molar-refractivity contribution in [3.8, 4) is 0 Å². The van der Waals surface area contributed by atoms with E-state index in [0.29, 0.717) is 19.5 Å². The van der Waals surface area contributed by atoms with Gasteiger partial charge in [-0.1, -0.05) is 0 Å². The fourth-order valence-electron chi connectivity index (χ4n) is 1.82. The van der Waals surface area contributed by atoms with Crippen LogP contribution in [0.25, 0.3) is 0 Å². The molecule has 1 rings (SSSR count). The lowest BCUT2D eigenvalue weighted by atomic mass is 9.97. The smallest absolute Gasteiger partial charge is 0.314 e. The molecule has 1 aliphatic heterocycles. The Labute approximate surface area is 99.6 Å². The second kappa shape index (κ2) is 6.41. The number of primary amides is 1. The number of amides is 3. The SMILES string of the molecule is NC(=O)N1CCCC(C(=O)NCC(O)CO)C1. The van der Waals surface area contributed by atoms with Gasteiger partial charge in [-0.05, 0) is 12.8 Å². The molecule has 0 spiro atoms. The van der Waals surface area contributed by atoms with E-state index in [-0.39, 0.29) is 18.4 Å². The molecule has 0 saturated carbocycles. The van der Waals surface area contributed by atoms with Crippen LogP contribution in [0.3, 0.4) is 0 Å². The normalized spacial score (nSPS) is 22.0. The highest BCUT2D eigenvalue weighted by Crippen LogP contribution is 2.16. The van der Waals surface area contributed by atoms with E-state index >= 15 is 0 Å². The Morgan fingerprint density at radius 2 is 2.24 bits per heavy atom. The Morgan fingerprint density at radius 3 is 2.82 bits per heavy atom. The van der Waals surface area contributed by atoms with Gasteiger partial charge in [-0.15, -0.1) is 0 Å². The summed E-state index contributed by atoms with van der Waals surface area (Å²) in [5, 5.41) is 20.2.